The summed E-state index contributed by atoms with van der Waals surface area (Å²) >= 11 is 5.47. The number of hydrogen-bond donors (Lipinski definition) is 2. The number of anilines is 1. The van der Waals surface area contributed by atoms with Crippen molar-refractivity contribution in [2.75, 3.05) is 31.5 Å². The van der Waals surface area contributed by atoms with Crippen molar-refractivity contribution in [2.45, 2.75) is 52.9 Å². The molecule has 0 radical (unpaired) electrons. The van der Waals surface area contributed by atoms with E-state index in [-0.39, 0.29) is 11.2 Å². The van der Waals surface area contributed by atoms with Gasteiger partial charge in [-0.05, 0) is 66.6 Å². The smallest absolute Gasteiger partial charge is 0.193 e. The SMILES string of the molecule is C[C@H]1C[C@H](C)CN(CCCNC(=S)Nc2cccc(C(=O)c3ccc(C(C)(C)C)cc3)c2)C1. The van der Waals surface area contributed by atoms with Crippen LogP contribution in [-0.2, 0) is 5.41 Å². The molecule has 5 heteroatoms. The first-order chi connectivity index (χ1) is 15.6. The molecule has 2 N–H and O–H groups in total. The zero-order chi connectivity index (χ0) is 24.0. The van der Waals surface area contributed by atoms with E-state index in [1.54, 1.807) is 0 Å². The number of carbonyl (C=O) groups excluding carboxylic acids is 1. The maximum Gasteiger partial charge on any atom is 0.193 e. The first-order valence-electron chi connectivity index (χ1n) is 12.1. The molecule has 0 aromatic heterocycles. The molecule has 1 aliphatic heterocycles. The second-order valence-corrected chi connectivity index (χ2v) is 11.1. The van der Waals surface area contributed by atoms with E-state index >= 15 is 0 Å². The molecule has 0 unspecified atom stereocenters. The van der Waals surface area contributed by atoms with E-state index in [1.165, 1.54) is 25.1 Å². The molecule has 1 aliphatic rings. The van der Waals surface area contributed by atoms with E-state index in [0.29, 0.717) is 16.2 Å². The monoisotopic (exact) mass is 465 g/mol. The van der Waals surface area contributed by atoms with Crippen LogP contribution in [0.4, 0.5) is 5.69 Å². The van der Waals surface area contributed by atoms with E-state index in [9.17, 15) is 4.79 Å². The van der Waals surface area contributed by atoms with Crippen molar-refractivity contribution in [1.82, 2.24) is 10.2 Å². The Morgan fingerprint density at radius 3 is 2.33 bits per heavy atom. The Morgan fingerprint density at radius 2 is 1.70 bits per heavy atom. The molecule has 2 aromatic carbocycles. The van der Waals surface area contributed by atoms with Gasteiger partial charge in [-0.15, -0.1) is 0 Å². The fourth-order valence-corrected chi connectivity index (χ4v) is 4.90. The molecule has 0 saturated carbocycles. The van der Waals surface area contributed by atoms with Crippen LogP contribution in [0.1, 0.15) is 68.9 Å². The number of benzene rings is 2. The van der Waals surface area contributed by atoms with E-state index in [1.807, 2.05) is 48.5 Å². The highest BCUT2D eigenvalue weighted by atomic mass is 32.1. The van der Waals surface area contributed by atoms with Gasteiger partial charge in [-0.1, -0.05) is 71.0 Å². The first kappa shape index (κ1) is 25.4. The summed E-state index contributed by atoms with van der Waals surface area (Å²) in [7, 11) is 0. The van der Waals surface area contributed by atoms with Crippen molar-refractivity contribution in [1.29, 1.82) is 0 Å². The quantitative estimate of drug-likeness (QED) is 0.304. The lowest BCUT2D eigenvalue weighted by Gasteiger charge is -2.35. The molecule has 2 atom stereocenters. The molecule has 0 bridgehead atoms. The highest BCUT2D eigenvalue weighted by Crippen LogP contribution is 2.23. The fourth-order valence-electron chi connectivity index (χ4n) is 4.68. The standard InChI is InChI=1S/C28H39N3OS/c1-20-16-21(2)19-31(18-20)15-7-14-29-27(33)30-25-9-6-8-23(17-25)26(32)22-10-12-24(13-11-22)28(3,4)5/h6,8-13,17,20-21H,7,14-16,18-19H2,1-5H3,(H2,29,30,33)/t20-,21-/m0/s1. The normalized spacial score (nSPS) is 19.2. The highest BCUT2D eigenvalue weighted by molar-refractivity contribution is 7.80. The summed E-state index contributed by atoms with van der Waals surface area (Å²) in [4.78, 5) is 15.5. The molecule has 0 aliphatic carbocycles. The van der Waals surface area contributed by atoms with Crippen LogP contribution in [0.3, 0.4) is 0 Å². The van der Waals surface area contributed by atoms with Gasteiger partial charge in [0.1, 0.15) is 0 Å². The summed E-state index contributed by atoms with van der Waals surface area (Å²) in [6, 6.07) is 15.5. The van der Waals surface area contributed by atoms with Crippen molar-refractivity contribution >= 4 is 28.8 Å². The average molecular weight is 466 g/mol. The number of rotatable bonds is 7. The molecule has 0 spiro atoms. The van der Waals surface area contributed by atoms with E-state index in [4.69, 9.17) is 12.2 Å². The molecule has 0 amide bonds. The van der Waals surface area contributed by atoms with Crippen molar-refractivity contribution < 1.29 is 4.79 Å². The Kier molecular flexibility index (Phi) is 8.66. The van der Waals surface area contributed by atoms with Crippen molar-refractivity contribution in [3.05, 3.63) is 65.2 Å². The molecule has 1 heterocycles. The Bertz CT molecular complexity index is 938. The number of ketones is 1. The van der Waals surface area contributed by atoms with Crippen LogP contribution in [0.5, 0.6) is 0 Å². The van der Waals surface area contributed by atoms with Crippen molar-refractivity contribution in [3.8, 4) is 0 Å². The van der Waals surface area contributed by atoms with Crippen LogP contribution in [0, 0.1) is 11.8 Å². The maximum absolute atomic E-state index is 13.0. The minimum atomic E-state index is 0.0166. The number of likely N-dealkylation sites (tertiary alicyclic amines) is 1. The molecule has 3 rings (SSSR count). The van der Waals surface area contributed by atoms with Gasteiger partial charge in [0.2, 0.25) is 0 Å². The third-order valence-electron chi connectivity index (χ3n) is 6.28. The van der Waals surface area contributed by atoms with Gasteiger partial charge in [0.25, 0.3) is 0 Å². The lowest BCUT2D eigenvalue weighted by atomic mass is 9.86. The number of nitrogens with zero attached hydrogens (tertiary/aromatic N) is 1. The van der Waals surface area contributed by atoms with Gasteiger partial charge in [-0.25, -0.2) is 0 Å². The van der Waals surface area contributed by atoms with Gasteiger partial charge in [0.15, 0.2) is 10.9 Å². The van der Waals surface area contributed by atoms with E-state index in [2.05, 4.69) is 50.2 Å². The molecule has 1 saturated heterocycles. The first-order valence-corrected chi connectivity index (χ1v) is 12.5. The predicted molar refractivity (Wildman–Crippen MR) is 143 cm³/mol. The van der Waals surface area contributed by atoms with Crippen LogP contribution in [-0.4, -0.2) is 42.0 Å². The van der Waals surface area contributed by atoms with Crippen LogP contribution in [0.25, 0.3) is 0 Å². The number of piperidine rings is 1. The summed E-state index contributed by atoms with van der Waals surface area (Å²) in [6.07, 6.45) is 2.40. The van der Waals surface area contributed by atoms with Crippen LogP contribution in [0.15, 0.2) is 48.5 Å². The van der Waals surface area contributed by atoms with Crippen molar-refractivity contribution in [2.24, 2.45) is 11.8 Å². The molecule has 33 heavy (non-hydrogen) atoms. The number of carbonyl (C=O) groups is 1. The summed E-state index contributed by atoms with van der Waals surface area (Å²) in [5.41, 5.74) is 3.46. The zero-order valence-corrected chi connectivity index (χ0v) is 21.6. The molecular weight excluding hydrogens is 426 g/mol. The van der Waals surface area contributed by atoms with Crippen LogP contribution >= 0.6 is 12.2 Å². The molecular formula is C28H39N3OS. The Morgan fingerprint density at radius 1 is 1.03 bits per heavy atom. The van der Waals surface area contributed by atoms with Crippen molar-refractivity contribution in [3.63, 3.8) is 0 Å². The molecule has 1 fully saturated rings. The lowest BCUT2D eigenvalue weighted by molar-refractivity contribution is 0.103. The summed E-state index contributed by atoms with van der Waals surface area (Å²) in [6.45, 7) is 15.5. The van der Waals surface area contributed by atoms with E-state index in [0.717, 1.165) is 37.0 Å². The largest absolute Gasteiger partial charge is 0.362 e. The zero-order valence-electron chi connectivity index (χ0n) is 20.8. The second kappa shape index (κ2) is 11.3. The Balaban J connectivity index is 1.49. The third kappa shape index (κ3) is 7.65. The molecule has 2 aromatic rings. The van der Waals surface area contributed by atoms with Crippen LogP contribution in [0.2, 0.25) is 0 Å². The number of hydrogen-bond acceptors (Lipinski definition) is 3. The molecule has 178 valence electrons. The Hall–Kier alpha value is -2.24. The Labute approximate surface area is 205 Å². The second-order valence-electron chi connectivity index (χ2n) is 10.7. The van der Waals surface area contributed by atoms with Gasteiger partial charge >= 0.3 is 0 Å². The van der Waals surface area contributed by atoms with Gasteiger partial charge in [-0.3, -0.25) is 4.79 Å². The summed E-state index contributed by atoms with van der Waals surface area (Å²) in [5, 5.41) is 7.12. The maximum atomic E-state index is 13.0. The fraction of sp³-hybridized carbons (Fsp3) is 0.500. The lowest BCUT2D eigenvalue weighted by Crippen LogP contribution is -2.40. The molecule has 4 nitrogen and oxygen atoms in total. The van der Waals surface area contributed by atoms with Gasteiger partial charge in [-0.2, -0.15) is 0 Å². The average Bonchev–Trinajstić information content (AvgIpc) is 2.75. The van der Waals surface area contributed by atoms with Gasteiger partial charge in [0, 0.05) is 36.4 Å². The highest BCUT2D eigenvalue weighted by Gasteiger charge is 2.21. The predicted octanol–water partition coefficient (Wildman–Crippen LogP) is 5.87. The number of nitrogens with one attached hydrogen (secondary N) is 2. The summed E-state index contributed by atoms with van der Waals surface area (Å²) in [5.74, 6) is 1.59. The van der Waals surface area contributed by atoms with E-state index < -0.39 is 0 Å². The number of thiocarbonyl (C=S) groups is 1. The summed E-state index contributed by atoms with van der Waals surface area (Å²) < 4.78 is 0. The minimum Gasteiger partial charge on any atom is -0.362 e. The van der Waals surface area contributed by atoms with Crippen LogP contribution < -0.4 is 10.6 Å². The van der Waals surface area contributed by atoms with Gasteiger partial charge < -0.3 is 15.5 Å². The topological polar surface area (TPSA) is 44.4 Å². The minimum absolute atomic E-state index is 0.0166. The van der Waals surface area contributed by atoms with Gasteiger partial charge in [0.05, 0.1) is 0 Å². The third-order valence-corrected chi connectivity index (χ3v) is 6.52.